The highest BCUT2D eigenvalue weighted by atomic mass is 127. The molecule has 5 aromatic carbocycles. The van der Waals surface area contributed by atoms with Gasteiger partial charge in [0.05, 0.1) is 38.8 Å². The molecule has 5 heterocycles. The van der Waals surface area contributed by atoms with Crippen molar-refractivity contribution in [3.8, 4) is 22.6 Å². The molecule has 1 aliphatic carbocycles. The Morgan fingerprint density at radius 1 is 0.400 bits per heavy atom. The zero-order valence-electron chi connectivity index (χ0n) is 38.7. The number of benzene rings is 5. The van der Waals surface area contributed by atoms with Crippen LogP contribution in [0.4, 0.5) is 0 Å². The highest BCUT2D eigenvalue weighted by Gasteiger charge is 2.24. The minimum absolute atomic E-state index is 0.0191. The maximum absolute atomic E-state index is 5.17. The van der Waals surface area contributed by atoms with Crippen LogP contribution in [-0.4, -0.2) is 24.1 Å². The first-order valence-corrected chi connectivity index (χ1v) is 24.5. The lowest BCUT2D eigenvalue weighted by atomic mass is 9.91. The van der Waals surface area contributed by atoms with Gasteiger partial charge < -0.3 is 9.13 Å². The van der Waals surface area contributed by atoms with Crippen molar-refractivity contribution in [3.05, 3.63) is 193 Å². The molecule has 0 N–H and O–H groups in total. The topological polar surface area (TPSA) is 48.5 Å². The molecule has 11 rings (SSSR count). The zero-order valence-corrected chi connectivity index (χ0v) is 43.0. The van der Waals surface area contributed by atoms with E-state index in [4.69, 9.17) is 15.0 Å². The number of nitrogens with zero attached hydrogens (tertiary/aromatic N) is 5. The molecule has 10 aromatic rings. The summed E-state index contributed by atoms with van der Waals surface area (Å²) in [7, 11) is 0. The third kappa shape index (κ3) is 8.98. The van der Waals surface area contributed by atoms with Gasteiger partial charge in [-0.15, -0.1) is 0 Å². The maximum Gasteiger partial charge on any atom is 0.0967 e. The summed E-state index contributed by atoms with van der Waals surface area (Å²) in [4.78, 5) is 15.2. The fraction of sp³-hybridized carbons (Fsp3) is 0.224. The largest absolute Gasteiger partial charge is 0.308 e. The van der Waals surface area contributed by atoms with Crippen LogP contribution in [0.5, 0.6) is 0 Å². The highest BCUT2D eigenvalue weighted by molar-refractivity contribution is 14.1. The van der Waals surface area contributed by atoms with Gasteiger partial charge in [0.25, 0.3) is 0 Å². The van der Waals surface area contributed by atoms with E-state index >= 15 is 0 Å². The first-order valence-electron chi connectivity index (χ1n) is 22.4. The molecule has 5 nitrogen and oxygen atoms in total. The van der Waals surface area contributed by atoms with Crippen LogP contribution in [0.2, 0.25) is 0 Å². The van der Waals surface area contributed by atoms with Gasteiger partial charge in [0.1, 0.15) is 0 Å². The second-order valence-electron chi connectivity index (χ2n) is 20.1. The summed E-state index contributed by atoms with van der Waals surface area (Å²) in [6.07, 6.45) is 1.03. The number of hydrogen-bond donors (Lipinski definition) is 0. The third-order valence-electron chi connectivity index (χ3n) is 12.1. The summed E-state index contributed by atoms with van der Waals surface area (Å²) in [5.41, 5.74) is 17.6. The van der Waals surface area contributed by atoms with Crippen LogP contribution in [0.3, 0.4) is 0 Å². The molecule has 0 bridgehead atoms. The molecule has 0 amide bonds. The van der Waals surface area contributed by atoms with E-state index in [1.807, 2.05) is 0 Å². The molecule has 326 valence electrons. The second-order valence-corrected chi connectivity index (χ2v) is 22.6. The average molecular weight is 1080 g/mol. The molecule has 0 unspecified atom stereocenters. The number of aromatic nitrogens is 5. The van der Waals surface area contributed by atoms with Crippen LogP contribution < -0.4 is 0 Å². The van der Waals surface area contributed by atoms with Gasteiger partial charge in [0, 0.05) is 74.6 Å². The van der Waals surface area contributed by atoms with Crippen molar-refractivity contribution in [1.82, 2.24) is 24.1 Å². The molecular formula is C58H55I2N5. The Morgan fingerprint density at radius 3 is 1.34 bits per heavy atom. The summed E-state index contributed by atoms with van der Waals surface area (Å²) in [6, 6.07) is 56.2. The van der Waals surface area contributed by atoms with Gasteiger partial charge in [0.2, 0.25) is 0 Å². The lowest BCUT2D eigenvalue weighted by molar-refractivity contribution is 0.569. The number of halogens is 2. The van der Waals surface area contributed by atoms with E-state index in [0.29, 0.717) is 0 Å². The van der Waals surface area contributed by atoms with Gasteiger partial charge in [-0.05, 0) is 135 Å². The van der Waals surface area contributed by atoms with E-state index in [9.17, 15) is 0 Å². The Bertz CT molecular complexity index is 3230. The molecule has 0 saturated carbocycles. The molecule has 0 aliphatic heterocycles. The highest BCUT2D eigenvalue weighted by Crippen LogP contribution is 2.38. The fourth-order valence-corrected chi connectivity index (χ4v) is 10.4. The molecule has 0 spiro atoms. The summed E-state index contributed by atoms with van der Waals surface area (Å²) in [6.45, 7) is 19.9. The monoisotopic (exact) mass is 1080 g/mol. The molecule has 0 atom stereocenters. The Morgan fingerprint density at radius 2 is 0.846 bits per heavy atom. The van der Waals surface area contributed by atoms with Gasteiger partial charge in [-0.1, -0.05) is 141 Å². The van der Waals surface area contributed by atoms with Crippen LogP contribution >= 0.6 is 45.2 Å². The normalized spacial score (nSPS) is 12.5. The van der Waals surface area contributed by atoms with Crippen LogP contribution in [0.1, 0.15) is 90.5 Å². The minimum atomic E-state index is -0.0191. The second kappa shape index (κ2) is 17.4. The minimum Gasteiger partial charge on any atom is -0.308 e. The van der Waals surface area contributed by atoms with Crippen molar-refractivity contribution < 1.29 is 0 Å². The molecule has 1 aliphatic rings. The van der Waals surface area contributed by atoms with Gasteiger partial charge in [0.15, 0.2) is 0 Å². The van der Waals surface area contributed by atoms with Crippen LogP contribution in [0, 0.1) is 7.14 Å². The molecule has 0 fully saturated rings. The van der Waals surface area contributed by atoms with Gasteiger partial charge in [-0.3, -0.25) is 4.98 Å². The predicted molar refractivity (Wildman–Crippen MR) is 291 cm³/mol. The zero-order chi connectivity index (χ0) is 45.8. The maximum atomic E-state index is 5.17. The van der Waals surface area contributed by atoms with Gasteiger partial charge >= 0.3 is 0 Å². The van der Waals surface area contributed by atoms with Crippen molar-refractivity contribution in [3.63, 3.8) is 0 Å². The molecular weight excluding hydrogens is 1020 g/mol. The molecule has 0 radical (unpaired) electrons. The van der Waals surface area contributed by atoms with Crippen molar-refractivity contribution in [2.45, 2.75) is 85.0 Å². The summed E-state index contributed by atoms with van der Waals surface area (Å²) < 4.78 is 7.29. The molecule has 65 heavy (non-hydrogen) atoms. The Labute approximate surface area is 410 Å². The lowest BCUT2D eigenvalue weighted by Gasteiger charge is -2.18. The first-order chi connectivity index (χ1) is 31.0. The van der Waals surface area contributed by atoms with Gasteiger partial charge in [-0.25, -0.2) is 9.97 Å². The number of pyridine rings is 3. The quantitative estimate of drug-likeness (QED) is 0.162. The Kier molecular flexibility index (Phi) is 12.0. The number of hydrogen-bond acceptors (Lipinski definition) is 3. The smallest absolute Gasteiger partial charge is 0.0967 e. The Hall–Kier alpha value is -5.39. The fourth-order valence-electron chi connectivity index (χ4n) is 8.67. The SMILES string of the molecule is CC(C)(C)c1ccc2c(n1)-c1ccccc1C2.CC(C)(C)c1ccc2c(n1)c1ccccc1n2-c1cccc(-n2c3ccccc3c3nc(C(C)(C)C)ccc32)c1.Ic1cccc(I)c1. The van der Waals surface area contributed by atoms with Crippen LogP contribution in [0.25, 0.3) is 66.5 Å². The van der Waals surface area contributed by atoms with E-state index in [0.717, 1.165) is 62.3 Å². The van der Waals surface area contributed by atoms with E-state index < -0.39 is 0 Å². The van der Waals surface area contributed by atoms with E-state index in [1.165, 1.54) is 46.0 Å². The molecule has 5 aromatic heterocycles. The van der Waals surface area contributed by atoms with E-state index in [1.54, 1.807) is 0 Å². The Balaban J connectivity index is 0.000000173. The van der Waals surface area contributed by atoms with Crippen molar-refractivity contribution in [2.75, 3.05) is 0 Å². The predicted octanol–water partition coefficient (Wildman–Crippen LogP) is 16.1. The number of rotatable bonds is 2. The van der Waals surface area contributed by atoms with Gasteiger partial charge in [-0.2, -0.15) is 0 Å². The van der Waals surface area contributed by atoms with Crippen molar-refractivity contribution in [1.29, 1.82) is 0 Å². The third-order valence-corrected chi connectivity index (χ3v) is 13.4. The van der Waals surface area contributed by atoms with Crippen molar-refractivity contribution in [2.24, 2.45) is 0 Å². The van der Waals surface area contributed by atoms with E-state index in [-0.39, 0.29) is 16.2 Å². The summed E-state index contributed by atoms with van der Waals surface area (Å²) in [5.74, 6) is 0. The molecule has 7 heteroatoms. The lowest BCUT2D eigenvalue weighted by Crippen LogP contribution is -2.13. The van der Waals surface area contributed by atoms with Crippen molar-refractivity contribution >= 4 is 89.1 Å². The van der Waals surface area contributed by atoms with E-state index in [2.05, 4.69) is 274 Å². The van der Waals surface area contributed by atoms with Crippen LogP contribution in [0.15, 0.2) is 158 Å². The summed E-state index contributed by atoms with van der Waals surface area (Å²) in [5, 5.41) is 2.34. The number of para-hydroxylation sites is 2. The van der Waals surface area contributed by atoms with Crippen LogP contribution in [-0.2, 0) is 22.7 Å². The standard InChI is InChI=1S/C36H34N4.C16H17N.C6H4I2/c1-35(2,3)31-20-18-29-33(37-31)25-14-7-9-16-27(25)39(29)23-12-11-13-24(22-23)40-28-17-10-8-15-26(28)34-30(40)19-21-32(38-34)36(4,5)6;1-16(2,3)14-9-8-12-10-11-6-4-5-7-13(11)15(12)17-14;7-5-2-1-3-6(8)4-5/h7-22H,1-6H3;4-9H,10H2,1-3H3;1-4H. The summed E-state index contributed by atoms with van der Waals surface area (Å²) >= 11 is 4.60. The first kappa shape index (κ1) is 44.8. The average Bonchev–Trinajstić information content (AvgIpc) is 3.93. The molecule has 0 saturated heterocycles. The number of fused-ring (bicyclic) bond motifs is 9.